The average Bonchev–Trinajstić information content (AvgIpc) is 2.21. The van der Waals surface area contributed by atoms with Crippen LogP contribution in [0.3, 0.4) is 0 Å². The lowest BCUT2D eigenvalue weighted by molar-refractivity contribution is 0.0416. The largest absolute Gasteiger partial charge is 0.504 e. The van der Waals surface area contributed by atoms with E-state index in [9.17, 15) is 10.2 Å². The van der Waals surface area contributed by atoms with Crippen LogP contribution < -0.4 is 5.73 Å². The molecule has 4 nitrogen and oxygen atoms in total. The van der Waals surface area contributed by atoms with Gasteiger partial charge in [0.15, 0.2) is 11.5 Å². The van der Waals surface area contributed by atoms with E-state index in [1.165, 1.54) is 12.1 Å². The normalized spacial score (nSPS) is 14.1. The molecule has 0 aliphatic heterocycles. The number of aromatic hydroxyl groups is 2. The summed E-state index contributed by atoms with van der Waals surface area (Å²) in [7, 11) is 0. The van der Waals surface area contributed by atoms with E-state index < -0.39 is 5.60 Å². The summed E-state index contributed by atoms with van der Waals surface area (Å²) in [6.45, 7) is 1.88. The Balaban J connectivity index is 0.00000196. The van der Waals surface area contributed by atoms with Crippen molar-refractivity contribution in [2.75, 3.05) is 6.54 Å². The molecule has 5 N–H and O–H groups in total. The third-order valence-electron chi connectivity index (χ3n) is 2.44. The van der Waals surface area contributed by atoms with Crippen LogP contribution in [0.4, 0.5) is 0 Å². The van der Waals surface area contributed by atoms with Gasteiger partial charge in [-0.3, -0.25) is 0 Å². The fraction of sp³-hybridized carbons (Fsp3) is 0.400. The van der Waals surface area contributed by atoms with Gasteiger partial charge in [-0.05, 0) is 24.1 Å². The van der Waals surface area contributed by atoms with Crippen molar-refractivity contribution in [2.45, 2.75) is 18.9 Å². The Bertz CT molecular complexity index is 326. The summed E-state index contributed by atoms with van der Waals surface area (Å²) in [5, 5.41) is 28.3. The first kappa shape index (κ1) is 14.0. The predicted octanol–water partition coefficient (Wildman–Crippen LogP) is 1.08. The van der Waals surface area contributed by atoms with E-state index in [0.717, 1.165) is 0 Å². The van der Waals surface area contributed by atoms with Gasteiger partial charge in [0.05, 0.1) is 0 Å². The van der Waals surface area contributed by atoms with Gasteiger partial charge < -0.3 is 21.1 Å². The average molecular weight is 234 g/mol. The van der Waals surface area contributed by atoms with Crippen molar-refractivity contribution >= 4 is 12.4 Å². The van der Waals surface area contributed by atoms with Crippen molar-refractivity contribution < 1.29 is 15.3 Å². The van der Waals surface area contributed by atoms with Crippen LogP contribution in [0.2, 0.25) is 0 Å². The van der Waals surface area contributed by atoms with Crippen LogP contribution >= 0.6 is 12.4 Å². The third-order valence-corrected chi connectivity index (χ3v) is 2.44. The predicted molar refractivity (Wildman–Crippen MR) is 60.3 cm³/mol. The van der Waals surface area contributed by atoms with E-state index in [1.54, 1.807) is 13.0 Å². The minimum atomic E-state index is -1.13. The monoisotopic (exact) mass is 233 g/mol. The first-order valence-electron chi connectivity index (χ1n) is 4.48. The number of aliphatic hydroxyl groups is 1. The highest BCUT2D eigenvalue weighted by Crippen LogP contribution is 2.31. The van der Waals surface area contributed by atoms with Crippen molar-refractivity contribution in [2.24, 2.45) is 5.73 Å². The van der Waals surface area contributed by atoms with Crippen molar-refractivity contribution in [3.63, 3.8) is 0 Å². The summed E-state index contributed by atoms with van der Waals surface area (Å²) >= 11 is 0. The Kier molecular flexibility index (Phi) is 4.87. The minimum Gasteiger partial charge on any atom is -0.504 e. The molecule has 0 aliphatic carbocycles. The number of benzene rings is 1. The number of rotatable bonds is 3. The Morgan fingerprint density at radius 3 is 2.27 bits per heavy atom. The fourth-order valence-electron chi connectivity index (χ4n) is 1.28. The SMILES string of the molecule is CCC(O)(CN)c1ccc(O)c(O)c1.Cl. The second kappa shape index (κ2) is 5.21. The standard InChI is InChI=1S/C10H15NO3.ClH/c1-2-10(14,6-11)7-3-4-8(12)9(13)5-7;/h3-5,12-14H,2,6,11H2,1H3;1H. The van der Waals surface area contributed by atoms with Crippen LogP contribution in [0.1, 0.15) is 18.9 Å². The van der Waals surface area contributed by atoms with Crippen LogP contribution in [0.15, 0.2) is 18.2 Å². The third kappa shape index (κ3) is 2.75. The van der Waals surface area contributed by atoms with Gasteiger partial charge in [0.1, 0.15) is 5.60 Å². The number of hydrogen-bond donors (Lipinski definition) is 4. The van der Waals surface area contributed by atoms with Gasteiger partial charge in [-0.2, -0.15) is 0 Å². The number of nitrogens with two attached hydrogens (primary N) is 1. The summed E-state index contributed by atoms with van der Waals surface area (Å²) in [4.78, 5) is 0. The van der Waals surface area contributed by atoms with Crippen LogP contribution in [-0.2, 0) is 5.60 Å². The van der Waals surface area contributed by atoms with E-state index in [4.69, 9.17) is 10.8 Å². The van der Waals surface area contributed by atoms with Crippen molar-refractivity contribution in [3.8, 4) is 11.5 Å². The maximum absolute atomic E-state index is 10.00. The highest BCUT2D eigenvalue weighted by molar-refractivity contribution is 5.85. The zero-order valence-corrected chi connectivity index (χ0v) is 9.29. The van der Waals surface area contributed by atoms with Gasteiger partial charge >= 0.3 is 0 Å². The van der Waals surface area contributed by atoms with E-state index in [2.05, 4.69) is 0 Å². The molecule has 1 unspecified atom stereocenters. The smallest absolute Gasteiger partial charge is 0.157 e. The maximum Gasteiger partial charge on any atom is 0.157 e. The first-order chi connectivity index (χ1) is 6.53. The van der Waals surface area contributed by atoms with Crippen molar-refractivity contribution in [1.29, 1.82) is 0 Å². The van der Waals surface area contributed by atoms with Crippen LogP contribution in [0.5, 0.6) is 11.5 Å². The summed E-state index contributed by atoms with van der Waals surface area (Å²) in [5.74, 6) is -0.452. The lowest BCUT2D eigenvalue weighted by Crippen LogP contribution is -2.33. The lowest BCUT2D eigenvalue weighted by Gasteiger charge is -2.25. The summed E-state index contributed by atoms with van der Waals surface area (Å²) in [6.07, 6.45) is 0.452. The van der Waals surface area contributed by atoms with E-state index in [-0.39, 0.29) is 30.5 Å². The van der Waals surface area contributed by atoms with Gasteiger partial charge in [-0.25, -0.2) is 0 Å². The zero-order chi connectivity index (χ0) is 10.8. The topological polar surface area (TPSA) is 86.7 Å². The first-order valence-corrected chi connectivity index (χ1v) is 4.48. The second-order valence-electron chi connectivity index (χ2n) is 3.29. The van der Waals surface area contributed by atoms with E-state index in [1.807, 2.05) is 0 Å². The highest BCUT2D eigenvalue weighted by atomic mass is 35.5. The molecule has 15 heavy (non-hydrogen) atoms. The molecule has 1 aromatic rings. The van der Waals surface area contributed by atoms with Gasteiger partial charge in [-0.15, -0.1) is 12.4 Å². The molecule has 0 aliphatic rings. The van der Waals surface area contributed by atoms with Crippen molar-refractivity contribution in [1.82, 2.24) is 0 Å². The minimum absolute atomic E-state index is 0. The number of hydrogen-bond acceptors (Lipinski definition) is 4. The van der Waals surface area contributed by atoms with Crippen LogP contribution in [0, 0.1) is 0 Å². The van der Waals surface area contributed by atoms with E-state index in [0.29, 0.717) is 12.0 Å². The molecule has 0 bridgehead atoms. The molecule has 0 fully saturated rings. The summed E-state index contributed by atoms with van der Waals surface area (Å²) in [6, 6.07) is 4.21. The van der Waals surface area contributed by atoms with Crippen LogP contribution in [0.25, 0.3) is 0 Å². The molecule has 0 radical (unpaired) electrons. The molecule has 5 heteroatoms. The Labute approximate surface area is 94.8 Å². The number of halogens is 1. The Hall–Kier alpha value is -0.970. The number of phenols is 2. The lowest BCUT2D eigenvalue weighted by atomic mass is 9.91. The van der Waals surface area contributed by atoms with Gasteiger partial charge in [0.2, 0.25) is 0 Å². The molecule has 1 aromatic carbocycles. The maximum atomic E-state index is 10.00. The molecule has 0 saturated carbocycles. The second-order valence-corrected chi connectivity index (χ2v) is 3.29. The quantitative estimate of drug-likeness (QED) is 0.589. The zero-order valence-electron chi connectivity index (χ0n) is 8.47. The summed E-state index contributed by atoms with van der Waals surface area (Å²) in [5.41, 5.74) is 4.82. The van der Waals surface area contributed by atoms with Gasteiger partial charge in [0, 0.05) is 6.54 Å². The molecule has 1 rings (SSSR count). The number of phenolic OH excluding ortho intramolecular Hbond substituents is 2. The molecule has 0 amide bonds. The Morgan fingerprint density at radius 2 is 1.87 bits per heavy atom. The van der Waals surface area contributed by atoms with Gasteiger partial charge in [0.25, 0.3) is 0 Å². The fourth-order valence-corrected chi connectivity index (χ4v) is 1.28. The molecule has 0 heterocycles. The molecule has 0 aromatic heterocycles. The molecule has 1 atom stereocenters. The molecule has 0 saturated heterocycles. The molecule has 0 spiro atoms. The van der Waals surface area contributed by atoms with Crippen molar-refractivity contribution in [3.05, 3.63) is 23.8 Å². The Morgan fingerprint density at radius 1 is 1.27 bits per heavy atom. The highest BCUT2D eigenvalue weighted by Gasteiger charge is 2.25. The van der Waals surface area contributed by atoms with E-state index >= 15 is 0 Å². The molecular formula is C10H16ClNO3. The van der Waals surface area contributed by atoms with Gasteiger partial charge in [-0.1, -0.05) is 13.0 Å². The van der Waals surface area contributed by atoms with Crippen LogP contribution in [-0.4, -0.2) is 21.9 Å². The molecular weight excluding hydrogens is 218 g/mol. The molecule has 86 valence electrons. The summed E-state index contributed by atoms with van der Waals surface area (Å²) < 4.78 is 0.